The molecule has 2 aromatic carbocycles. The van der Waals surface area contributed by atoms with Crippen LogP contribution in [0.25, 0.3) is 6.08 Å². The molecule has 0 radical (unpaired) electrons. The molecule has 2 aromatic rings. The molecule has 0 saturated heterocycles. The van der Waals surface area contributed by atoms with E-state index < -0.39 is 5.97 Å². The summed E-state index contributed by atoms with van der Waals surface area (Å²) in [7, 11) is 1.52. The van der Waals surface area contributed by atoms with Crippen molar-refractivity contribution in [1.82, 2.24) is 0 Å². The average Bonchev–Trinajstić information content (AvgIpc) is 3.00. The second-order valence-electron chi connectivity index (χ2n) is 5.84. The second kappa shape index (κ2) is 8.86. The van der Waals surface area contributed by atoms with Gasteiger partial charge in [-0.05, 0) is 48.4 Å². The highest BCUT2D eigenvalue weighted by Gasteiger charge is 2.26. The standard InChI is InChI=1S/C20H16Cl3NO4/c1-3-6-27-18-15(23)7-11(9-17(18)26-2)8-16-20(25)28-19(24-16)13-5-4-12(21)10-14(13)22/h4-5,7-10H,3,6H2,1-2H3/b16-8-. The minimum atomic E-state index is -0.595. The van der Waals surface area contributed by atoms with Crippen LogP contribution >= 0.6 is 34.8 Å². The van der Waals surface area contributed by atoms with Crippen LogP contribution in [0.2, 0.25) is 15.1 Å². The van der Waals surface area contributed by atoms with E-state index in [1.807, 2.05) is 6.92 Å². The first-order valence-corrected chi connectivity index (χ1v) is 9.54. The zero-order valence-electron chi connectivity index (χ0n) is 15.1. The lowest BCUT2D eigenvalue weighted by atomic mass is 10.1. The highest BCUT2D eigenvalue weighted by Crippen LogP contribution is 2.37. The molecule has 0 N–H and O–H groups in total. The normalized spacial score (nSPS) is 14.8. The minimum Gasteiger partial charge on any atom is -0.493 e. The Morgan fingerprint density at radius 2 is 1.93 bits per heavy atom. The third-order valence-electron chi connectivity index (χ3n) is 3.79. The summed E-state index contributed by atoms with van der Waals surface area (Å²) in [6.07, 6.45) is 2.39. The summed E-state index contributed by atoms with van der Waals surface area (Å²) in [5, 5.41) is 1.18. The Hall–Kier alpha value is -2.21. The van der Waals surface area contributed by atoms with Gasteiger partial charge in [-0.1, -0.05) is 41.7 Å². The van der Waals surface area contributed by atoms with E-state index in [0.717, 1.165) is 6.42 Å². The highest BCUT2D eigenvalue weighted by molar-refractivity contribution is 6.37. The fraction of sp³-hybridized carbons (Fsp3) is 0.200. The largest absolute Gasteiger partial charge is 0.493 e. The zero-order chi connectivity index (χ0) is 20.3. The lowest BCUT2D eigenvalue weighted by Gasteiger charge is -2.12. The van der Waals surface area contributed by atoms with E-state index in [4.69, 9.17) is 49.0 Å². The summed E-state index contributed by atoms with van der Waals surface area (Å²) >= 11 is 18.4. The number of rotatable bonds is 6. The number of cyclic esters (lactones) is 1. The number of carbonyl (C=O) groups excluding carboxylic acids is 1. The van der Waals surface area contributed by atoms with Crippen molar-refractivity contribution in [2.24, 2.45) is 4.99 Å². The molecular weight excluding hydrogens is 425 g/mol. The molecule has 8 heteroatoms. The van der Waals surface area contributed by atoms with Crippen LogP contribution in [0.15, 0.2) is 41.0 Å². The lowest BCUT2D eigenvalue weighted by molar-refractivity contribution is -0.129. The van der Waals surface area contributed by atoms with Gasteiger partial charge in [0.1, 0.15) is 0 Å². The van der Waals surface area contributed by atoms with Gasteiger partial charge in [0, 0.05) is 5.02 Å². The monoisotopic (exact) mass is 439 g/mol. The number of benzene rings is 2. The van der Waals surface area contributed by atoms with Gasteiger partial charge in [-0.2, -0.15) is 0 Å². The molecule has 0 amide bonds. The SMILES string of the molecule is CCCOc1c(Cl)cc(/C=C2\N=C(c3ccc(Cl)cc3Cl)OC2=O)cc1OC. The predicted octanol–water partition coefficient (Wildman–Crippen LogP) is 5.79. The van der Waals surface area contributed by atoms with E-state index in [1.54, 1.807) is 36.4 Å². The molecular formula is C20H16Cl3NO4. The van der Waals surface area contributed by atoms with Gasteiger partial charge in [-0.3, -0.25) is 0 Å². The average molecular weight is 441 g/mol. The van der Waals surface area contributed by atoms with Crippen molar-refractivity contribution >= 4 is 52.7 Å². The molecule has 0 bridgehead atoms. The molecule has 0 unspecified atom stereocenters. The van der Waals surface area contributed by atoms with Crippen molar-refractivity contribution < 1.29 is 19.0 Å². The summed E-state index contributed by atoms with van der Waals surface area (Å²) in [5.41, 5.74) is 1.20. The van der Waals surface area contributed by atoms with Gasteiger partial charge in [-0.15, -0.1) is 0 Å². The van der Waals surface area contributed by atoms with Crippen molar-refractivity contribution in [3.8, 4) is 11.5 Å². The highest BCUT2D eigenvalue weighted by atomic mass is 35.5. The number of carbonyl (C=O) groups is 1. The van der Waals surface area contributed by atoms with Crippen LogP contribution in [0.1, 0.15) is 24.5 Å². The smallest absolute Gasteiger partial charge is 0.363 e. The van der Waals surface area contributed by atoms with Gasteiger partial charge >= 0.3 is 5.97 Å². The number of aliphatic imine (C=N–C) groups is 1. The van der Waals surface area contributed by atoms with Gasteiger partial charge in [-0.25, -0.2) is 9.79 Å². The maximum Gasteiger partial charge on any atom is 0.363 e. The van der Waals surface area contributed by atoms with Crippen molar-refractivity contribution in [1.29, 1.82) is 0 Å². The maximum atomic E-state index is 12.2. The number of halogens is 3. The van der Waals surface area contributed by atoms with Crippen LogP contribution in [0.4, 0.5) is 0 Å². The molecule has 146 valence electrons. The fourth-order valence-electron chi connectivity index (χ4n) is 2.51. The molecule has 0 aliphatic carbocycles. The topological polar surface area (TPSA) is 57.1 Å². The van der Waals surface area contributed by atoms with Gasteiger partial charge in [0.05, 0.1) is 29.3 Å². The second-order valence-corrected chi connectivity index (χ2v) is 7.09. The van der Waals surface area contributed by atoms with Crippen LogP contribution in [-0.2, 0) is 9.53 Å². The first-order chi connectivity index (χ1) is 13.4. The number of hydrogen-bond donors (Lipinski definition) is 0. The van der Waals surface area contributed by atoms with Gasteiger partial charge in [0.15, 0.2) is 17.2 Å². The summed E-state index contributed by atoms with van der Waals surface area (Å²) in [5.74, 6) is 0.435. The van der Waals surface area contributed by atoms with E-state index in [9.17, 15) is 4.79 Å². The molecule has 1 heterocycles. The summed E-state index contributed by atoms with van der Waals surface area (Å²) in [6, 6.07) is 8.20. The summed E-state index contributed by atoms with van der Waals surface area (Å²) in [6.45, 7) is 2.51. The van der Waals surface area contributed by atoms with E-state index in [0.29, 0.717) is 44.3 Å². The van der Waals surface area contributed by atoms with Crippen LogP contribution in [-0.4, -0.2) is 25.6 Å². The Labute approximate surface area is 177 Å². The third-order valence-corrected chi connectivity index (χ3v) is 4.62. The Morgan fingerprint density at radius 3 is 2.61 bits per heavy atom. The Balaban J connectivity index is 1.95. The molecule has 0 saturated carbocycles. The van der Waals surface area contributed by atoms with Crippen molar-refractivity contribution in [2.45, 2.75) is 13.3 Å². The van der Waals surface area contributed by atoms with Crippen LogP contribution in [0.5, 0.6) is 11.5 Å². The number of ether oxygens (including phenoxy) is 3. The quantitative estimate of drug-likeness (QED) is 0.421. The Morgan fingerprint density at radius 1 is 1.14 bits per heavy atom. The first kappa shape index (κ1) is 20.5. The first-order valence-electron chi connectivity index (χ1n) is 8.41. The van der Waals surface area contributed by atoms with Crippen LogP contribution in [0.3, 0.4) is 0 Å². The molecule has 28 heavy (non-hydrogen) atoms. The lowest BCUT2D eigenvalue weighted by Crippen LogP contribution is -2.05. The van der Waals surface area contributed by atoms with Crippen LogP contribution < -0.4 is 9.47 Å². The Bertz CT molecular complexity index is 986. The molecule has 3 rings (SSSR count). The Kier molecular flexibility index (Phi) is 6.50. The van der Waals surface area contributed by atoms with Gasteiger partial charge < -0.3 is 14.2 Å². The van der Waals surface area contributed by atoms with E-state index >= 15 is 0 Å². The summed E-state index contributed by atoms with van der Waals surface area (Å²) in [4.78, 5) is 16.5. The van der Waals surface area contributed by atoms with Crippen LogP contribution in [0, 0.1) is 0 Å². The molecule has 0 aromatic heterocycles. The molecule has 0 spiro atoms. The minimum absolute atomic E-state index is 0.110. The van der Waals surface area contributed by atoms with Crippen molar-refractivity contribution in [2.75, 3.05) is 13.7 Å². The third kappa shape index (κ3) is 4.43. The molecule has 1 aliphatic rings. The number of methoxy groups -OCH3 is 1. The maximum absolute atomic E-state index is 12.2. The van der Waals surface area contributed by atoms with Gasteiger partial charge in [0.2, 0.25) is 5.90 Å². The molecule has 0 atom stereocenters. The fourth-order valence-corrected chi connectivity index (χ4v) is 3.28. The molecule has 0 fully saturated rings. The van der Waals surface area contributed by atoms with E-state index in [1.165, 1.54) is 7.11 Å². The van der Waals surface area contributed by atoms with Crippen molar-refractivity contribution in [3.63, 3.8) is 0 Å². The molecule has 1 aliphatic heterocycles. The number of hydrogen-bond acceptors (Lipinski definition) is 5. The van der Waals surface area contributed by atoms with Gasteiger partial charge in [0.25, 0.3) is 0 Å². The predicted molar refractivity (Wildman–Crippen MR) is 111 cm³/mol. The zero-order valence-corrected chi connectivity index (χ0v) is 17.4. The van der Waals surface area contributed by atoms with E-state index in [-0.39, 0.29) is 11.6 Å². The number of nitrogens with zero attached hydrogens (tertiary/aromatic N) is 1. The molecule has 5 nitrogen and oxygen atoms in total. The summed E-state index contributed by atoms with van der Waals surface area (Å²) < 4.78 is 16.2. The number of esters is 1. The van der Waals surface area contributed by atoms with E-state index in [2.05, 4.69) is 4.99 Å². The van der Waals surface area contributed by atoms with Crippen molar-refractivity contribution in [3.05, 3.63) is 62.2 Å².